The number of hydrogen-bond donors (Lipinski definition) is 2. The SMILES string of the molecule is C#CC(CC)NC(C)c1ccn[nH]1. The lowest BCUT2D eigenvalue weighted by Crippen LogP contribution is -2.29. The summed E-state index contributed by atoms with van der Waals surface area (Å²) in [5, 5.41) is 10.1. The van der Waals surface area contributed by atoms with E-state index >= 15 is 0 Å². The van der Waals surface area contributed by atoms with Gasteiger partial charge in [-0.2, -0.15) is 5.10 Å². The third-order valence-electron chi connectivity index (χ3n) is 2.05. The lowest BCUT2D eigenvalue weighted by atomic mass is 10.1. The van der Waals surface area contributed by atoms with Gasteiger partial charge in [-0.05, 0) is 19.4 Å². The van der Waals surface area contributed by atoms with Crippen LogP contribution in [-0.4, -0.2) is 16.2 Å². The van der Waals surface area contributed by atoms with Gasteiger partial charge in [-0.1, -0.05) is 12.8 Å². The number of nitrogens with one attached hydrogen (secondary N) is 2. The van der Waals surface area contributed by atoms with Crippen LogP contribution in [0.3, 0.4) is 0 Å². The van der Waals surface area contributed by atoms with Crippen molar-refractivity contribution in [1.29, 1.82) is 0 Å². The number of aromatic nitrogens is 2. The minimum absolute atomic E-state index is 0.137. The molecule has 0 radical (unpaired) electrons. The zero-order chi connectivity index (χ0) is 9.68. The van der Waals surface area contributed by atoms with Gasteiger partial charge < -0.3 is 0 Å². The summed E-state index contributed by atoms with van der Waals surface area (Å²) in [5.41, 5.74) is 1.06. The second-order valence-electron chi connectivity index (χ2n) is 3.03. The molecule has 0 aromatic carbocycles. The maximum atomic E-state index is 5.35. The van der Waals surface area contributed by atoms with Crippen molar-refractivity contribution in [2.75, 3.05) is 0 Å². The van der Waals surface area contributed by atoms with Crippen LogP contribution < -0.4 is 5.32 Å². The molecule has 0 bridgehead atoms. The van der Waals surface area contributed by atoms with Crippen LogP contribution >= 0.6 is 0 Å². The Labute approximate surface area is 78.9 Å². The van der Waals surface area contributed by atoms with Gasteiger partial charge in [-0.3, -0.25) is 10.4 Å². The average Bonchev–Trinajstić information content (AvgIpc) is 2.66. The normalized spacial score (nSPS) is 14.8. The molecular weight excluding hydrogens is 162 g/mol. The first-order valence-corrected chi connectivity index (χ1v) is 4.49. The van der Waals surface area contributed by atoms with Crippen LogP contribution in [0.15, 0.2) is 12.3 Å². The maximum Gasteiger partial charge on any atom is 0.0689 e. The molecule has 2 atom stereocenters. The number of aromatic amines is 1. The van der Waals surface area contributed by atoms with E-state index in [9.17, 15) is 0 Å². The molecule has 3 heteroatoms. The third-order valence-corrected chi connectivity index (χ3v) is 2.05. The second kappa shape index (κ2) is 4.68. The van der Waals surface area contributed by atoms with Gasteiger partial charge in [0.05, 0.1) is 11.7 Å². The lowest BCUT2D eigenvalue weighted by molar-refractivity contribution is 0.503. The summed E-state index contributed by atoms with van der Waals surface area (Å²) in [6, 6.07) is 2.31. The van der Waals surface area contributed by atoms with Crippen LogP contribution in [0.25, 0.3) is 0 Å². The molecule has 0 aliphatic carbocycles. The van der Waals surface area contributed by atoms with Crippen molar-refractivity contribution in [3.05, 3.63) is 18.0 Å². The van der Waals surface area contributed by atoms with E-state index in [1.54, 1.807) is 6.20 Å². The Kier molecular flexibility index (Phi) is 3.53. The number of rotatable bonds is 4. The molecule has 0 aliphatic heterocycles. The molecule has 1 rings (SSSR count). The van der Waals surface area contributed by atoms with Crippen LogP contribution in [0.1, 0.15) is 32.0 Å². The van der Waals surface area contributed by atoms with E-state index in [1.807, 2.05) is 6.07 Å². The summed E-state index contributed by atoms with van der Waals surface area (Å²) in [6.07, 6.45) is 8.03. The molecule has 70 valence electrons. The first-order valence-electron chi connectivity index (χ1n) is 4.49. The van der Waals surface area contributed by atoms with Crippen molar-refractivity contribution in [2.24, 2.45) is 0 Å². The van der Waals surface area contributed by atoms with E-state index in [1.165, 1.54) is 0 Å². The van der Waals surface area contributed by atoms with Gasteiger partial charge >= 0.3 is 0 Å². The molecule has 0 saturated carbocycles. The Morgan fingerprint density at radius 3 is 3.00 bits per heavy atom. The number of hydrogen-bond acceptors (Lipinski definition) is 2. The van der Waals surface area contributed by atoms with Gasteiger partial charge in [-0.25, -0.2) is 0 Å². The van der Waals surface area contributed by atoms with E-state index in [-0.39, 0.29) is 12.1 Å². The third kappa shape index (κ3) is 2.60. The largest absolute Gasteiger partial charge is 0.296 e. The van der Waals surface area contributed by atoms with E-state index in [0.29, 0.717) is 0 Å². The molecule has 2 N–H and O–H groups in total. The van der Waals surface area contributed by atoms with Crippen molar-refractivity contribution in [3.8, 4) is 12.3 Å². The molecular formula is C10H15N3. The smallest absolute Gasteiger partial charge is 0.0689 e. The predicted octanol–water partition coefficient (Wildman–Crippen LogP) is 1.47. The average molecular weight is 177 g/mol. The van der Waals surface area contributed by atoms with Crippen LogP contribution in [0.4, 0.5) is 0 Å². The van der Waals surface area contributed by atoms with Crippen molar-refractivity contribution < 1.29 is 0 Å². The molecule has 0 fully saturated rings. The van der Waals surface area contributed by atoms with Crippen molar-refractivity contribution in [1.82, 2.24) is 15.5 Å². The second-order valence-corrected chi connectivity index (χ2v) is 3.03. The fraction of sp³-hybridized carbons (Fsp3) is 0.500. The van der Waals surface area contributed by atoms with E-state index in [4.69, 9.17) is 6.42 Å². The van der Waals surface area contributed by atoms with Gasteiger partial charge in [0, 0.05) is 12.2 Å². The van der Waals surface area contributed by atoms with E-state index < -0.39 is 0 Å². The Balaban J connectivity index is 2.51. The standard InChI is InChI=1S/C10H15N3/c1-4-9(5-2)12-8(3)10-6-7-11-13-10/h1,6-9,12H,5H2,2-3H3,(H,11,13). The molecule has 3 nitrogen and oxygen atoms in total. The van der Waals surface area contributed by atoms with Gasteiger partial charge in [0.1, 0.15) is 0 Å². The molecule has 0 amide bonds. The Hall–Kier alpha value is -1.27. The van der Waals surface area contributed by atoms with Crippen molar-refractivity contribution >= 4 is 0 Å². The molecule has 0 aliphatic rings. The highest BCUT2D eigenvalue weighted by molar-refractivity contribution is 5.06. The molecule has 2 unspecified atom stereocenters. The summed E-state index contributed by atoms with van der Waals surface area (Å²) in [6.45, 7) is 4.13. The van der Waals surface area contributed by atoms with Gasteiger partial charge in [0.25, 0.3) is 0 Å². The first kappa shape index (κ1) is 9.82. The Bertz CT molecular complexity index is 271. The highest BCUT2D eigenvalue weighted by atomic mass is 15.1. The summed E-state index contributed by atoms with van der Waals surface area (Å²) >= 11 is 0. The number of nitrogens with zero attached hydrogens (tertiary/aromatic N) is 1. The molecule has 13 heavy (non-hydrogen) atoms. The maximum absolute atomic E-state index is 5.35. The zero-order valence-corrected chi connectivity index (χ0v) is 8.04. The lowest BCUT2D eigenvalue weighted by Gasteiger charge is -2.16. The summed E-state index contributed by atoms with van der Waals surface area (Å²) < 4.78 is 0. The summed E-state index contributed by atoms with van der Waals surface area (Å²) in [7, 11) is 0. The van der Waals surface area contributed by atoms with Gasteiger partial charge in [0.2, 0.25) is 0 Å². The Morgan fingerprint density at radius 2 is 2.54 bits per heavy atom. The predicted molar refractivity (Wildman–Crippen MR) is 53.1 cm³/mol. The molecule has 0 saturated heterocycles. The highest BCUT2D eigenvalue weighted by Crippen LogP contribution is 2.08. The zero-order valence-electron chi connectivity index (χ0n) is 8.04. The topological polar surface area (TPSA) is 40.7 Å². The van der Waals surface area contributed by atoms with Crippen molar-refractivity contribution in [2.45, 2.75) is 32.4 Å². The minimum atomic E-state index is 0.137. The fourth-order valence-electron chi connectivity index (χ4n) is 1.18. The molecule has 1 aromatic rings. The van der Waals surface area contributed by atoms with E-state index in [0.717, 1.165) is 12.1 Å². The Morgan fingerprint density at radius 1 is 1.77 bits per heavy atom. The summed E-state index contributed by atoms with van der Waals surface area (Å²) in [4.78, 5) is 0. The monoisotopic (exact) mass is 177 g/mol. The quantitative estimate of drug-likeness (QED) is 0.684. The molecule has 0 spiro atoms. The van der Waals surface area contributed by atoms with Gasteiger partial charge in [0.15, 0.2) is 0 Å². The number of H-pyrrole nitrogens is 1. The fourth-order valence-corrected chi connectivity index (χ4v) is 1.18. The van der Waals surface area contributed by atoms with Crippen LogP contribution in [0.2, 0.25) is 0 Å². The molecule has 1 heterocycles. The summed E-state index contributed by atoms with van der Waals surface area (Å²) in [5.74, 6) is 2.70. The highest BCUT2D eigenvalue weighted by Gasteiger charge is 2.09. The van der Waals surface area contributed by atoms with Crippen LogP contribution in [0, 0.1) is 12.3 Å². The van der Waals surface area contributed by atoms with Crippen LogP contribution in [-0.2, 0) is 0 Å². The van der Waals surface area contributed by atoms with Crippen molar-refractivity contribution in [3.63, 3.8) is 0 Å². The minimum Gasteiger partial charge on any atom is -0.296 e. The van der Waals surface area contributed by atoms with E-state index in [2.05, 4.69) is 35.3 Å². The van der Waals surface area contributed by atoms with Crippen LogP contribution in [0.5, 0.6) is 0 Å². The first-order chi connectivity index (χ1) is 6.27. The molecule has 1 aromatic heterocycles. The number of terminal acetylenes is 1. The van der Waals surface area contributed by atoms with Gasteiger partial charge in [-0.15, -0.1) is 6.42 Å².